The summed E-state index contributed by atoms with van der Waals surface area (Å²) >= 11 is 1.79. The molecule has 0 N–H and O–H groups in total. The smallest absolute Gasteiger partial charge is 0.140 e. The highest BCUT2D eigenvalue weighted by atomic mass is 32.1. The van der Waals surface area contributed by atoms with Gasteiger partial charge in [0.15, 0.2) is 0 Å². The minimum atomic E-state index is 0.534. The molecule has 2 aromatic rings. The average Bonchev–Trinajstić information content (AvgIpc) is 2.97. The molecule has 2 aromatic heterocycles. The van der Waals surface area contributed by atoms with Crippen molar-refractivity contribution in [3.8, 4) is 0 Å². The van der Waals surface area contributed by atoms with Crippen LogP contribution in [-0.4, -0.2) is 53.9 Å². The van der Waals surface area contributed by atoms with Crippen molar-refractivity contribution in [2.75, 3.05) is 37.6 Å². The topological polar surface area (TPSA) is 49.3 Å². The van der Waals surface area contributed by atoms with Crippen LogP contribution in [0.25, 0.3) is 10.2 Å². The zero-order chi connectivity index (χ0) is 15.4. The van der Waals surface area contributed by atoms with Gasteiger partial charge in [0.25, 0.3) is 0 Å². The van der Waals surface area contributed by atoms with Crippen LogP contribution < -0.4 is 4.90 Å². The number of aryl methyl sites for hydroxylation is 1. The fourth-order valence-corrected chi connectivity index (χ4v) is 3.90. The first-order valence-corrected chi connectivity index (χ1v) is 8.78. The molecule has 0 bridgehead atoms. The molecule has 5 nitrogen and oxygen atoms in total. The van der Waals surface area contributed by atoms with E-state index in [4.69, 9.17) is 0 Å². The van der Waals surface area contributed by atoms with Crippen molar-refractivity contribution in [2.45, 2.75) is 26.2 Å². The number of rotatable bonds is 6. The molecule has 0 aromatic carbocycles. The van der Waals surface area contributed by atoms with E-state index in [1.807, 2.05) is 0 Å². The highest BCUT2D eigenvalue weighted by Gasteiger charge is 2.20. The number of fused-ring (bicyclic) bond motifs is 1. The summed E-state index contributed by atoms with van der Waals surface area (Å²) < 4.78 is 0. The first-order valence-electron chi connectivity index (χ1n) is 7.96. The van der Waals surface area contributed by atoms with E-state index in [2.05, 4.69) is 32.8 Å². The Morgan fingerprint density at radius 2 is 2.09 bits per heavy atom. The molecule has 3 heterocycles. The molecule has 1 aliphatic rings. The van der Waals surface area contributed by atoms with Crippen LogP contribution in [0.15, 0.2) is 12.4 Å². The van der Waals surface area contributed by atoms with Gasteiger partial charge in [0, 0.05) is 31.1 Å². The molecule has 1 aliphatic heterocycles. The van der Waals surface area contributed by atoms with E-state index in [1.54, 1.807) is 17.7 Å². The molecule has 1 fully saturated rings. The van der Waals surface area contributed by atoms with E-state index < -0.39 is 0 Å². The zero-order valence-corrected chi connectivity index (χ0v) is 13.8. The third-order valence-corrected chi connectivity index (χ3v) is 5.24. The lowest BCUT2D eigenvalue weighted by molar-refractivity contribution is -0.108. The summed E-state index contributed by atoms with van der Waals surface area (Å²) in [6, 6.07) is 2.27. The molecule has 0 atom stereocenters. The molecule has 3 rings (SSSR count). The number of carbonyl (C=O) groups excluding carboxylic acids is 1. The fourth-order valence-electron chi connectivity index (χ4n) is 2.87. The highest BCUT2D eigenvalue weighted by Crippen LogP contribution is 2.31. The SMILES string of the molecule is CCCCc1cc2c(N3CCN(CC=O)CC3)ncnc2s1. The standard InChI is InChI=1S/C16H22N4OS/c1-2-3-4-13-11-14-15(17-12-18-16(14)22-13)20-7-5-19(6-8-20)9-10-21/h10-12H,2-9H2,1H3. The third kappa shape index (κ3) is 3.28. The van der Waals surface area contributed by atoms with E-state index >= 15 is 0 Å². The van der Waals surface area contributed by atoms with Gasteiger partial charge in [-0.2, -0.15) is 0 Å². The van der Waals surface area contributed by atoms with Crippen LogP contribution in [-0.2, 0) is 11.2 Å². The second-order valence-electron chi connectivity index (χ2n) is 5.69. The molecular weight excluding hydrogens is 296 g/mol. The van der Waals surface area contributed by atoms with Gasteiger partial charge >= 0.3 is 0 Å². The van der Waals surface area contributed by atoms with E-state index in [0.717, 1.165) is 49.5 Å². The molecule has 118 valence electrons. The molecule has 0 unspecified atom stereocenters. The lowest BCUT2D eigenvalue weighted by atomic mass is 10.2. The van der Waals surface area contributed by atoms with Crippen molar-refractivity contribution in [3.63, 3.8) is 0 Å². The number of aromatic nitrogens is 2. The van der Waals surface area contributed by atoms with E-state index in [9.17, 15) is 4.79 Å². The number of piperazine rings is 1. The monoisotopic (exact) mass is 318 g/mol. The quantitative estimate of drug-likeness (QED) is 0.765. The Bertz CT molecular complexity index is 634. The van der Waals surface area contributed by atoms with Gasteiger partial charge in [-0.05, 0) is 18.9 Å². The predicted molar refractivity (Wildman–Crippen MR) is 90.7 cm³/mol. The van der Waals surface area contributed by atoms with Crippen molar-refractivity contribution in [1.82, 2.24) is 14.9 Å². The van der Waals surface area contributed by atoms with Crippen molar-refractivity contribution >= 4 is 33.7 Å². The van der Waals surface area contributed by atoms with Gasteiger partial charge in [-0.1, -0.05) is 13.3 Å². The Labute approximate surface area is 135 Å². The molecule has 0 aliphatic carbocycles. The van der Waals surface area contributed by atoms with Crippen LogP contribution >= 0.6 is 11.3 Å². The lowest BCUT2D eigenvalue weighted by Crippen LogP contribution is -2.47. The van der Waals surface area contributed by atoms with Crippen molar-refractivity contribution in [2.24, 2.45) is 0 Å². The number of thiophene rings is 1. The van der Waals surface area contributed by atoms with Crippen LogP contribution in [0.2, 0.25) is 0 Å². The van der Waals surface area contributed by atoms with Crippen LogP contribution in [0, 0.1) is 0 Å². The number of anilines is 1. The van der Waals surface area contributed by atoms with Crippen LogP contribution in [0.1, 0.15) is 24.6 Å². The molecular formula is C16H22N4OS. The number of hydrogen-bond donors (Lipinski definition) is 0. The largest absolute Gasteiger partial charge is 0.353 e. The molecule has 0 amide bonds. The van der Waals surface area contributed by atoms with Gasteiger partial charge in [-0.3, -0.25) is 4.90 Å². The highest BCUT2D eigenvalue weighted by molar-refractivity contribution is 7.18. The fraction of sp³-hybridized carbons (Fsp3) is 0.562. The Kier molecular flexibility index (Phi) is 5.00. The Morgan fingerprint density at radius 1 is 1.27 bits per heavy atom. The number of hydrogen-bond acceptors (Lipinski definition) is 6. The number of unbranched alkanes of at least 4 members (excludes halogenated alkanes) is 1. The van der Waals surface area contributed by atoms with Crippen LogP contribution in [0.5, 0.6) is 0 Å². The number of nitrogens with zero attached hydrogens (tertiary/aromatic N) is 4. The van der Waals surface area contributed by atoms with Gasteiger partial charge in [-0.15, -0.1) is 11.3 Å². The summed E-state index contributed by atoms with van der Waals surface area (Å²) in [6.07, 6.45) is 6.22. The normalized spacial score (nSPS) is 16.3. The zero-order valence-electron chi connectivity index (χ0n) is 13.0. The second-order valence-corrected chi connectivity index (χ2v) is 6.80. The summed E-state index contributed by atoms with van der Waals surface area (Å²) in [7, 11) is 0. The number of aldehydes is 1. The molecule has 0 spiro atoms. The van der Waals surface area contributed by atoms with E-state index in [0.29, 0.717) is 6.54 Å². The first kappa shape index (κ1) is 15.4. The molecule has 1 saturated heterocycles. The summed E-state index contributed by atoms with van der Waals surface area (Å²) in [5.41, 5.74) is 0. The van der Waals surface area contributed by atoms with E-state index in [-0.39, 0.29) is 0 Å². The average molecular weight is 318 g/mol. The van der Waals surface area contributed by atoms with Gasteiger partial charge in [0.05, 0.1) is 11.9 Å². The summed E-state index contributed by atoms with van der Waals surface area (Å²) in [6.45, 7) is 6.42. The maximum Gasteiger partial charge on any atom is 0.140 e. The first-order chi connectivity index (χ1) is 10.8. The van der Waals surface area contributed by atoms with Crippen LogP contribution in [0.3, 0.4) is 0 Å². The Hall–Kier alpha value is -1.53. The molecule has 0 radical (unpaired) electrons. The lowest BCUT2D eigenvalue weighted by Gasteiger charge is -2.34. The van der Waals surface area contributed by atoms with Crippen LogP contribution in [0.4, 0.5) is 5.82 Å². The second kappa shape index (κ2) is 7.15. The minimum Gasteiger partial charge on any atom is -0.353 e. The van der Waals surface area contributed by atoms with Crippen molar-refractivity contribution < 1.29 is 4.79 Å². The summed E-state index contributed by atoms with van der Waals surface area (Å²) in [4.78, 5) is 26.6. The van der Waals surface area contributed by atoms with Gasteiger partial charge in [0.1, 0.15) is 23.3 Å². The Morgan fingerprint density at radius 3 is 2.82 bits per heavy atom. The van der Waals surface area contributed by atoms with Gasteiger partial charge in [0.2, 0.25) is 0 Å². The van der Waals surface area contributed by atoms with Gasteiger partial charge in [-0.25, -0.2) is 9.97 Å². The summed E-state index contributed by atoms with van der Waals surface area (Å²) in [5.74, 6) is 1.05. The van der Waals surface area contributed by atoms with Crippen molar-refractivity contribution in [1.29, 1.82) is 0 Å². The Balaban J connectivity index is 1.78. The predicted octanol–water partition coefficient (Wildman–Crippen LogP) is 2.35. The third-order valence-electron chi connectivity index (χ3n) is 4.14. The minimum absolute atomic E-state index is 0.534. The van der Waals surface area contributed by atoms with E-state index in [1.165, 1.54) is 23.1 Å². The molecule has 22 heavy (non-hydrogen) atoms. The maximum atomic E-state index is 10.6. The van der Waals surface area contributed by atoms with Crippen molar-refractivity contribution in [3.05, 3.63) is 17.3 Å². The molecule has 6 heteroatoms. The maximum absolute atomic E-state index is 10.6. The van der Waals surface area contributed by atoms with Gasteiger partial charge < -0.3 is 9.69 Å². The summed E-state index contributed by atoms with van der Waals surface area (Å²) in [5, 5.41) is 1.18. The molecule has 0 saturated carbocycles. The number of carbonyl (C=O) groups is 1.